The monoisotopic (exact) mass is 288 g/mol. The van der Waals surface area contributed by atoms with Gasteiger partial charge in [0.2, 0.25) is 0 Å². The zero-order chi connectivity index (χ0) is 15.1. The number of nitrogens with zero attached hydrogens (tertiary/aromatic N) is 3. The summed E-state index contributed by atoms with van der Waals surface area (Å²) in [6.45, 7) is 4.01. The van der Waals surface area contributed by atoms with E-state index in [4.69, 9.17) is 5.73 Å². The van der Waals surface area contributed by atoms with Gasteiger partial charge in [0, 0.05) is 31.4 Å². The van der Waals surface area contributed by atoms with Crippen LogP contribution < -0.4 is 16.4 Å². The second-order valence-corrected chi connectivity index (χ2v) is 4.61. The van der Waals surface area contributed by atoms with Gasteiger partial charge in [-0.25, -0.2) is 0 Å². The van der Waals surface area contributed by atoms with Crippen molar-refractivity contribution in [1.29, 1.82) is 0 Å². The van der Waals surface area contributed by atoms with E-state index in [1.807, 2.05) is 13.1 Å². The molecule has 0 aliphatic heterocycles. The molecule has 21 heavy (non-hydrogen) atoms. The molecule has 112 valence electrons. The van der Waals surface area contributed by atoms with E-state index < -0.39 is 0 Å². The number of aromatic nitrogens is 3. The van der Waals surface area contributed by atoms with E-state index in [1.165, 1.54) is 0 Å². The van der Waals surface area contributed by atoms with Gasteiger partial charge in [0.1, 0.15) is 0 Å². The molecule has 0 atom stereocenters. The molecule has 2 aromatic rings. The number of amides is 1. The number of hydrogen-bond donors (Lipinski definition) is 3. The van der Waals surface area contributed by atoms with E-state index >= 15 is 0 Å². The average molecular weight is 288 g/mol. The number of carbonyl (C=O) groups is 1. The van der Waals surface area contributed by atoms with Crippen LogP contribution in [0.1, 0.15) is 23.7 Å². The van der Waals surface area contributed by atoms with Gasteiger partial charge in [-0.15, -0.1) is 5.10 Å². The number of carbonyl (C=O) groups excluding carboxylic acids is 1. The Hall–Kier alpha value is -2.57. The maximum absolute atomic E-state index is 11.8. The predicted molar refractivity (Wildman–Crippen MR) is 82.0 cm³/mol. The Morgan fingerprint density at radius 1 is 1.43 bits per heavy atom. The number of hydrogen-bond acceptors (Lipinski definition) is 5. The molecule has 0 spiro atoms. The van der Waals surface area contributed by atoms with Crippen molar-refractivity contribution in [3.8, 4) is 0 Å². The molecule has 0 saturated heterocycles. The molecule has 1 aromatic carbocycles. The highest BCUT2D eigenvalue weighted by atomic mass is 16.1. The van der Waals surface area contributed by atoms with Gasteiger partial charge in [-0.1, -0.05) is 5.21 Å². The first kappa shape index (κ1) is 14.8. The number of nitrogens with one attached hydrogen (secondary N) is 2. The van der Waals surface area contributed by atoms with E-state index in [0.29, 0.717) is 17.8 Å². The largest absolute Gasteiger partial charge is 0.397 e. The topological polar surface area (TPSA) is 97.9 Å². The SMILES string of the molecule is CCNC(=O)c1ccc(N)c(NCCCn2ccnn2)c1. The molecule has 7 heteroatoms. The maximum Gasteiger partial charge on any atom is 0.251 e. The van der Waals surface area contributed by atoms with Crippen molar-refractivity contribution < 1.29 is 4.79 Å². The minimum Gasteiger partial charge on any atom is -0.397 e. The molecule has 1 heterocycles. The van der Waals surface area contributed by atoms with Crippen molar-refractivity contribution in [3.63, 3.8) is 0 Å². The minimum atomic E-state index is -0.0943. The smallest absolute Gasteiger partial charge is 0.251 e. The summed E-state index contributed by atoms with van der Waals surface area (Å²) in [5.41, 5.74) is 7.92. The number of nitrogens with two attached hydrogens (primary N) is 1. The second kappa shape index (κ2) is 7.28. The lowest BCUT2D eigenvalue weighted by molar-refractivity contribution is 0.0956. The number of aryl methyl sites for hydroxylation is 1. The fraction of sp³-hybridized carbons (Fsp3) is 0.357. The quantitative estimate of drug-likeness (QED) is 0.524. The van der Waals surface area contributed by atoms with Crippen LogP contribution >= 0.6 is 0 Å². The lowest BCUT2D eigenvalue weighted by atomic mass is 10.1. The molecule has 0 fully saturated rings. The van der Waals surface area contributed by atoms with Crippen molar-refractivity contribution in [1.82, 2.24) is 20.3 Å². The zero-order valence-corrected chi connectivity index (χ0v) is 12.0. The number of nitrogen functional groups attached to an aromatic ring is 1. The number of rotatable bonds is 7. The fourth-order valence-corrected chi connectivity index (χ4v) is 1.93. The molecular formula is C14H20N6O. The predicted octanol–water partition coefficient (Wildman–Crippen LogP) is 1.11. The number of benzene rings is 1. The highest BCUT2D eigenvalue weighted by Gasteiger charge is 2.07. The van der Waals surface area contributed by atoms with Gasteiger partial charge in [-0.2, -0.15) is 0 Å². The minimum absolute atomic E-state index is 0.0943. The highest BCUT2D eigenvalue weighted by Crippen LogP contribution is 2.20. The lowest BCUT2D eigenvalue weighted by Crippen LogP contribution is -2.22. The molecule has 7 nitrogen and oxygen atoms in total. The van der Waals surface area contributed by atoms with Crippen LogP contribution in [-0.2, 0) is 6.54 Å². The van der Waals surface area contributed by atoms with Crippen LogP contribution in [0.25, 0.3) is 0 Å². The van der Waals surface area contributed by atoms with Crippen molar-refractivity contribution >= 4 is 17.3 Å². The standard InChI is InChI=1S/C14H20N6O/c1-2-16-14(21)11-4-5-12(15)13(10-11)17-6-3-8-20-9-7-18-19-20/h4-5,7,9-10,17H,2-3,6,8,15H2,1H3,(H,16,21). The molecule has 0 saturated carbocycles. The van der Waals surface area contributed by atoms with Crippen LogP contribution in [0.5, 0.6) is 0 Å². The van der Waals surface area contributed by atoms with Crippen LogP contribution in [0.4, 0.5) is 11.4 Å². The highest BCUT2D eigenvalue weighted by molar-refractivity contribution is 5.96. The first-order chi connectivity index (χ1) is 10.2. The maximum atomic E-state index is 11.8. The summed E-state index contributed by atoms with van der Waals surface area (Å²) in [7, 11) is 0. The summed E-state index contributed by atoms with van der Waals surface area (Å²) in [5.74, 6) is -0.0943. The van der Waals surface area contributed by atoms with Crippen molar-refractivity contribution in [3.05, 3.63) is 36.2 Å². The van der Waals surface area contributed by atoms with Gasteiger partial charge in [0.25, 0.3) is 5.91 Å². The lowest BCUT2D eigenvalue weighted by Gasteiger charge is -2.11. The van der Waals surface area contributed by atoms with E-state index in [2.05, 4.69) is 20.9 Å². The van der Waals surface area contributed by atoms with Crippen LogP contribution in [-0.4, -0.2) is 34.0 Å². The van der Waals surface area contributed by atoms with Gasteiger partial charge in [0.15, 0.2) is 0 Å². The summed E-state index contributed by atoms with van der Waals surface area (Å²) in [6, 6.07) is 5.24. The van der Waals surface area contributed by atoms with Crippen molar-refractivity contribution in [2.24, 2.45) is 0 Å². The Bertz CT molecular complexity index is 581. The summed E-state index contributed by atoms with van der Waals surface area (Å²) in [4.78, 5) is 11.8. The third-order valence-electron chi connectivity index (χ3n) is 3.00. The van der Waals surface area contributed by atoms with Crippen LogP contribution in [0.15, 0.2) is 30.6 Å². The summed E-state index contributed by atoms with van der Waals surface area (Å²) in [6.07, 6.45) is 4.36. The zero-order valence-electron chi connectivity index (χ0n) is 12.0. The van der Waals surface area contributed by atoms with E-state index in [9.17, 15) is 4.79 Å². The van der Waals surface area contributed by atoms with Gasteiger partial charge in [-0.05, 0) is 31.5 Å². The summed E-state index contributed by atoms with van der Waals surface area (Å²) >= 11 is 0. The molecule has 0 unspecified atom stereocenters. The third-order valence-corrected chi connectivity index (χ3v) is 3.00. The van der Waals surface area contributed by atoms with Crippen molar-refractivity contribution in [2.75, 3.05) is 24.1 Å². The fourth-order valence-electron chi connectivity index (χ4n) is 1.93. The van der Waals surface area contributed by atoms with Crippen LogP contribution in [0, 0.1) is 0 Å². The third kappa shape index (κ3) is 4.20. The van der Waals surface area contributed by atoms with Gasteiger partial charge >= 0.3 is 0 Å². The second-order valence-electron chi connectivity index (χ2n) is 4.61. The Morgan fingerprint density at radius 3 is 3.00 bits per heavy atom. The molecule has 2 rings (SSSR count). The number of anilines is 2. The van der Waals surface area contributed by atoms with Crippen LogP contribution in [0.3, 0.4) is 0 Å². The van der Waals surface area contributed by atoms with E-state index in [0.717, 1.165) is 25.2 Å². The van der Waals surface area contributed by atoms with Gasteiger partial charge in [0.05, 0.1) is 17.6 Å². The summed E-state index contributed by atoms with van der Waals surface area (Å²) in [5, 5.41) is 13.7. The molecule has 0 aliphatic carbocycles. The first-order valence-corrected chi connectivity index (χ1v) is 6.96. The average Bonchev–Trinajstić information content (AvgIpc) is 2.98. The normalized spacial score (nSPS) is 10.3. The molecule has 1 amide bonds. The molecule has 1 aromatic heterocycles. The molecule has 0 bridgehead atoms. The van der Waals surface area contributed by atoms with E-state index in [-0.39, 0.29) is 5.91 Å². The summed E-state index contributed by atoms with van der Waals surface area (Å²) < 4.78 is 1.77. The Balaban J connectivity index is 1.89. The first-order valence-electron chi connectivity index (χ1n) is 6.96. The van der Waals surface area contributed by atoms with Gasteiger partial charge < -0.3 is 16.4 Å². The Kier molecular flexibility index (Phi) is 5.14. The van der Waals surface area contributed by atoms with Crippen LogP contribution in [0.2, 0.25) is 0 Å². The molecule has 0 radical (unpaired) electrons. The molecular weight excluding hydrogens is 268 g/mol. The Morgan fingerprint density at radius 2 is 2.29 bits per heavy atom. The van der Waals surface area contributed by atoms with Gasteiger partial charge in [-0.3, -0.25) is 9.48 Å². The molecule has 0 aliphatic rings. The Labute approximate surface area is 123 Å². The van der Waals surface area contributed by atoms with Crippen molar-refractivity contribution in [2.45, 2.75) is 19.9 Å². The van der Waals surface area contributed by atoms with E-state index in [1.54, 1.807) is 29.1 Å². The molecule has 4 N–H and O–H groups in total.